The van der Waals surface area contributed by atoms with Crippen molar-refractivity contribution in [3.63, 3.8) is 0 Å². The van der Waals surface area contributed by atoms with Gasteiger partial charge in [0.25, 0.3) is 5.91 Å². The van der Waals surface area contributed by atoms with Crippen LogP contribution >= 0.6 is 0 Å². The predicted octanol–water partition coefficient (Wildman–Crippen LogP) is 3.88. The zero-order chi connectivity index (χ0) is 21.6. The van der Waals surface area contributed by atoms with Crippen molar-refractivity contribution >= 4 is 11.7 Å². The smallest absolute Gasteiger partial charge is 0.251 e. The minimum atomic E-state index is -0.0594. The molecule has 1 amide bonds. The molecule has 0 radical (unpaired) electrons. The number of nitrogens with one attached hydrogen (secondary N) is 2. The van der Waals surface area contributed by atoms with Gasteiger partial charge in [0.1, 0.15) is 11.5 Å². The number of aromatic nitrogens is 2. The monoisotopic (exact) mass is 420 g/mol. The number of ether oxygens (including phenoxy) is 2. The normalized spacial score (nSPS) is 16.1. The Morgan fingerprint density at radius 1 is 1.16 bits per heavy atom. The van der Waals surface area contributed by atoms with Gasteiger partial charge in [-0.05, 0) is 73.9 Å². The summed E-state index contributed by atoms with van der Waals surface area (Å²) in [7, 11) is 1.66. The Labute approximate surface area is 182 Å². The summed E-state index contributed by atoms with van der Waals surface area (Å²) < 4.78 is 10.7. The first-order valence-corrected chi connectivity index (χ1v) is 10.6. The molecule has 1 aliphatic rings. The van der Waals surface area contributed by atoms with Gasteiger partial charge < -0.3 is 19.7 Å². The van der Waals surface area contributed by atoms with Gasteiger partial charge in [0.2, 0.25) is 0 Å². The molecule has 1 fully saturated rings. The number of hydrogen-bond donors (Lipinski definition) is 2. The summed E-state index contributed by atoms with van der Waals surface area (Å²) in [5.41, 5.74) is 2.65. The molecule has 2 heterocycles. The van der Waals surface area contributed by atoms with Gasteiger partial charge in [-0.25, -0.2) is 0 Å². The average molecular weight is 421 g/mol. The van der Waals surface area contributed by atoms with Gasteiger partial charge >= 0.3 is 0 Å². The van der Waals surface area contributed by atoms with Gasteiger partial charge in [0.05, 0.1) is 19.4 Å². The lowest BCUT2D eigenvalue weighted by Gasteiger charge is -2.33. The van der Waals surface area contributed by atoms with Gasteiger partial charge in [-0.3, -0.25) is 9.89 Å². The zero-order valence-corrected chi connectivity index (χ0v) is 17.9. The van der Waals surface area contributed by atoms with E-state index in [1.54, 1.807) is 19.2 Å². The minimum Gasteiger partial charge on any atom is -0.497 e. The zero-order valence-electron chi connectivity index (χ0n) is 17.9. The van der Waals surface area contributed by atoms with Gasteiger partial charge in [0.15, 0.2) is 5.82 Å². The van der Waals surface area contributed by atoms with E-state index in [1.165, 1.54) is 0 Å². The van der Waals surface area contributed by atoms with Crippen molar-refractivity contribution < 1.29 is 14.3 Å². The van der Waals surface area contributed by atoms with Gasteiger partial charge in [-0.15, -0.1) is 0 Å². The van der Waals surface area contributed by atoms with Gasteiger partial charge in [0, 0.05) is 30.8 Å². The van der Waals surface area contributed by atoms with Crippen molar-refractivity contribution in [2.45, 2.75) is 25.8 Å². The van der Waals surface area contributed by atoms with Crippen molar-refractivity contribution in [1.29, 1.82) is 0 Å². The number of rotatable bonds is 7. The third-order valence-electron chi connectivity index (χ3n) is 5.47. The number of carbonyl (C=O) groups excluding carboxylic acids is 1. The van der Waals surface area contributed by atoms with Crippen LogP contribution in [0.15, 0.2) is 54.6 Å². The Kier molecular flexibility index (Phi) is 6.40. The molecule has 0 spiro atoms. The molecule has 1 atom stereocenters. The number of nitrogens with zero attached hydrogens (tertiary/aromatic N) is 2. The van der Waals surface area contributed by atoms with Gasteiger partial charge in [-0.2, -0.15) is 5.10 Å². The van der Waals surface area contributed by atoms with E-state index < -0.39 is 0 Å². The van der Waals surface area contributed by atoms with E-state index in [-0.39, 0.29) is 11.9 Å². The molecular formula is C24H28N4O3. The number of piperidine rings is 1. The van der Waals surface area contributed by atoms with Gasteiger partial charge in [-0.1, -0.05) is 0 Å². The summed E-state index contributed by atoms with van der Waals surface area (Å²) in [6.07, 6.45) is 1.95. The van der Waals surface area contributed by atoms with Crippen molar-refractivity contribution in [2.75, 3.05) is 31.7 Å². The maximum atomic E-state index is 12.7. The summed E-state index contributed by atoms with van der Waals surface area (Å²) in [6, 6.07) is 17.3. The second-order valence-corrected chi connectivity index (χ2v) is 7.58. The highest BCUT2D eigenvalue weighted by molar-refractivity contribution is 5.94. The Morgan fingerprint density at radius 2 is 1.90 bits per heavy atom. The summed E-state index contributed by atoms with van der Waals surface area (Å²) in [6.45, 7) is 4.20. The predicted molar refractivity (Wildman–Crippen MR) is 121 cm³/mol. The third-order valence-corrected chi connectivity index (χ3v) is 5.47. The number of benzene rings is 2. The number of H-pyrrole nitrogens is 1. The lowest BCUT2D eigenvalue weighted by Crippen LogP contribution is -2.48. The van der Waals surface area contributed by atoms with Crippen LogP contribution in [0.3, 0.4) is 0 Å². The minimum absolute atomic E-state index is 0.0594. The number of hydrogen-bond acceptors (Lipinski definition) is 5. The molecule has 1 aliphatic heterocycles. The second-order valence-electron chi connectivity index (χ2n) is 7.58. The highest BCUT2D eigenvalue weighted by Gasteiger charge is 2.23. The highest BCUT2D eigenvalue weighted by atomic mass is 16.5. The molecule has 0 aliphatic carbocycles. The fraction of sp³-hybridized carbons (Fsp3) is 0.333. The van der Waals surface area contributed by atoms with E-state index in [9.17, 15) is 4.79 Å². The maximum absolute atomic E-state index is 12.7. The van der Waals surface area contributed by atoms with Crippen LogP contribution in [0.25, 0.3) is 11.3 Å². The summed E-state index contributed by atoms with van der Waals surface area (Å²) in [5, 5.41) is 10.8. The van der Waals surface area contributed by atoms with E-state index in [2.05, 4.69) is 26.5 Å². The Morgan fingerprint density at radius 3 is 2.61 bits per heavy atom. The molecule has 1 saturated heterocycles. The first kappa shape index (κ1) is 20.8. The Balaban J connectivity index is 1.38. The molecule has 2 N–H and O–H groups in total. The largest absolute Gasteiger partial charge is 0.497 e. The van der Waals surface area contributed by atoms with Crippen molar-refractivity contribution in [3.05, 3.63) is 60.2 Å². The van der Waals surface area contributed by atoms with Crippen LogP contribution < -0.4 is 19.7 Å². The maximum Gasteiger partial charge on any atom is 0.251 e. The second kappa shape index (κ2) is 9.55. The van der Waals surface area contributed by atoms with Crippen LogP contribution in [0.5, 0.6) is 11.5 Å². The summed E-state index contributed by atoms with van der Waals surface area (Å²) in [4.78, 5) is 14.9. The number of carbonyl (C=O) groups is 1. The van der Waals surface area contributed by atoms with E-state index in [4.69, 9.17) is 9.47 Å². The Hall–Kier alpha value is -3.48. The number of aromatic amines is 1. The van der Waals surface area contributed by atoms with Crippen molar-refractivity contribution in [1.82, 2.24) is 15.5 Å². The molecule has 4 rings (SSSR count). The fourth-order valence-electron chi connectivity index (χ4n) is 3.83. The quantitative estimate of drug-likeness (QED) is 0.606. The van der Waals surface area contributed by atoms with Crippen LogP contribution in [-0.4, -0.2) is 49.0 Å². The average Bonchev–Trinajstić information content (AvgIpc) is 3.30. The van der Waals surface area contributed by atoms with Crippen molar-refractivity contribution in [3.8, 4) is 22.8 Å². The highest BCUT2D eigenvalue weighted by Crippen LogP contribution is 2.26. The molecule has 31 heavy (non-hydrogen) atoms. The van der Waals surface area contributed by atoms with E-state index >= 15 is 0 Å². The molecule has 0 unspecified atom stereocenters. The topological polar surface area (TPSA) is 79.5 Å². The number of methoxy groups -OCH3 is 1. The molecule has 3 aromatic rings. The molecule has 7 nitrogen and oxygen atoms in total. The van der Waals surface area contributed by atoms with Crippen LogP contribution in [-0.2, 0) is 0 Å². The lowest BCUT2D eigenvalue weighted by molar-refractivity contribution is 0.0933. The van der Waals surface area contributed by atoms with Crippen LogP contribution in [0.4, 0.5) is 5.82 Å². The fourth-order valence-corrected chi connectivity index (χ4v) is 3.83. The molecular weight excluding hydrogens is 392 g/mol. The lowest BCUT2D eigenvalue weighted by atomic mass is 10.0. The summed E-state index contributed by atoms with van der Waals surface area (Å²) in [5.74, 6) is 2.43. The Bertz CT molecular complexity index is 998. The third kappa shape index (κ3) is 4.99. The van der Waals surface area contributed by atoms with Crippen LogP contribution in [0, 0.1) is 0 Å². The van der Waals surface area contributed by atoms with Crippen LogP contribution in [0.1, 0.15) is 30.1 Å². The number of amides is 1. The first-order valence-electron chi connectivity index (χ1n) is 10.6. The first-order chi connectivity index (χ1) is 15.2. The molecule has 0 bridgehead atoms. The molecule has 162 valence electrons. The molecule has 0 saturated carbocycles. The van der Waals surface area contributed by atoms with E-state index in [0.717, 1.165) is 54.5 Å². The molecule has 1 aromatic heterocycles. The van der Waals surface area contributed by atoms with E-state index in [0.29, 0.717) is 12.2 Å². The molecule has 2 aromatic carbocycles. The SMILES string of the molecule is CCOc1ccc(C(=O)N[C@H]2CCCN(c3cc(-c4ccc(OC)cc4)[nH]n3)C2)cc1. The summed E-state index contributed by atoms with van der Waals surface area (Å²) >= 11 is 0. The van der Waals surface area contributed by atoms with E-state index in [1.807, 2.05) is 43.3 Å². The standard InChI is InChI=1S/C24H28N4O3/c1-3-31-21-12-8-18(9-13-21)24(29)25-19-5-4-14-28(16-19)23-15-22(26-27-23)17-6-10-20(30-2)11-7-17/h6-13,15,19H,3-5,14,16H2,1-2H3,(H,25,29)(H,26,27)/t19-/m0/s1. The molecule has 7 heteroatoms. The number of anilines is 1. The van der Waals surface area contributed by atoms with Crippen molar-refractivity contribution in [2.24, 2.45) is 0 Å². The van der Waals surface area contributed by atoms with Crippen LogP contribution in [0.2, 0.25) is 0 Å².